The fourth-order valence-electron chi connectivity index (χ4n) is 2.52. The van der Waals surface area contributed by atoms with E-state index in [1.807, 2.05) is 24.3 Å². The van der Waals surface area contributed by atoms with Crippen LogP contribution in [0.5, 0.6) is 5.75 Å². The van der Waals surface area contributed by atoms with Gasteiger partial charge in [0.25, 0.3) is 11.8 Å². The average Bonchev–Trinajstić information content (AvgIpc) is 2.74. The highest BCUT2D eigenvalue weighted by molar-refractivity contribution is 5.96. The van der Waals surface area contributed by atoms with Crippen LogP contribution in [0.3, 0.4) is 0 Å². The van der Waals surface area contributed by atoms with Crippen molar-refractivity contribution >= 4 is 17.8 Å². The van der Waals surface area contributed by atoms with Gasteiger partial charge in [-0.1, -0.05) is 30.3 Å². The first-order valence-corrected chi connectivity index (χ1v) is 9.37. The van der Waals surface area contributed by atoms with E-state index < -0.39 is 24.0 Å². The van der Waals surface area contributed by atoms with Crippen LogP contribution in [0.15, 0.2) is 54.6 Å². The van der Waals surface area contributed by atoms with Gasteiger partial charge in [0.2, 0.25) is 0 Å². The molecule has 0 saturated heterocycles. The summed E-state index contributed by atoms with van der Waals surface area (Å²) < 4.78 is 10.3. The van der Waals surface area contributed by atoms with Crippen molar-refractivity contribution in [3.05, 3.63) is 65.7 Å². The molecule has 0 heterocycles. The Hall–Kier alpha value is -3.35. The van der Waals surface area contributed by atoms with Gasteiger partial charge in [-0.15, -0.1) is 0 Å². The van der Waals surface area contributed by atoms with Crippen LogP contribution in [0.25, 0.3) is 0 Å². The summed E-state index contributed by atoms with van der Waals surface area (Å²) in [6, 6.07) is 15.2. The van der Waals surface area contributed by atoms with E-state index in [1.165, 1.54) is 13.8 Å². The number of nitrogens with one attached hydrogen (secondary N) is 2. The highest BCUT2D eigenvalue weighted by Crippen LogP contribution is 2.11. The number of esters is 1. The van der Waals surface area contributed by atoms with Crippen LogP contribution in [-0.4, -0.2) is 43.6 Å². The summed E-state index contributed by atoms with van der Waals surface area (Å²) in [5.74, 6) is -0.682. The fourth-order valence-corrected chi connectivity index (χ4v) is 2.52. The van der Waals surface area contributed by atoms with Crippen LogP contribution in [0.1, 0.15) is 29.8 Å². The quantitative estimate of drug-likeness (QED) is 0.631. The van der Waals surface area contributed by atoms with E-state index in [0.29, 0.717) is 18.5 Å². The maximum atomic E-state index is 12.2. The average molecular weight is 398 g/mol. The smallest absolute Gasteiger partial charge is 0.329 e. The number of ether oxygens (including phenoxy) is 2. The number of carbonyl (C=O) groups excluding carboxylic acids is 3. The van der Waals surface area contributed by atoms with E-state index in [2.05, 4.69) is 10.6 Å². The van der Waals surface area contributed by atoms with Gasteiger partial charge in [-0.05, 0) is 50.1 Å². The maximum Gasteiger partial charge on any atom is 0.329 e. The summed E-state index contributed by atoms with van der Waals surface area (Å²) in [6.45, 7) is 3.41. The molecule has 2 rings (SSSR count). The molecular weight excluding hydrogens is 372 g/mol. The van der Waals surface area contributed by atoms with Crippen molar-refractivity contribution in [3.63, 3.8) is 0 Å². The summed E-state index contributed by atoms with van der Waals surface area (Å²) in [4.78, 5) is 36.4. The van der Waals surface area contributed by atoms with Crippen molar-refractivity contribution in [2.75, 3.05) is 13.7 Å². The van der Waals surface area contributed by atoms with Gasteiger partial charge in [-0.2, -0.15) is 0 Å². The zero-order chi connectivity index (χ0) is 21.2. The number of rotatable bonds is 9. The van der Waals surface area contributed by atoms with Gasteiger partial charge in [-0.3, -0.25) is 9.59 Å². The molecule has 7 nitrogen and oxygen atoms in total. The highest BCUT2D eigenvalue weighted by atomic mass is 16.5. The zero-order valence-electron chi connectivity index (χ0n) is 16.8. The second kappa shape index (κ2) is 10.8. The number of amides is 2. The number of hydrogen-bond acceptors (Lipinski definition) is 5. The van der Waals surface area contributed by atoms with Crippen LogP contribution < -0.4 is 15.4 Å². The van der Waals surface area contributed by atoms with E-state index in [4.69, 9.17) is 9.47 Å². The van der Waals surface area contributed by atoms with Gasteiger partial charge >= 0.3 is 5.97 Å². The monoisotopic (exact) mass is 398 g/mol. The molecule has 0 aromatic heterocycles. The second-order valence-corrected chi connectivity index (χ2v) is 6.53. The van der Waals surface area contributed by atoms with Crippen molar-refractivity contribution in [2.24, 2.45) is 0 Å². The van der Waals surface area contributed by atoms with Gasteiger partial charge in [0, 0.05) is 12.1 Å². The van der Waals surface area contributed by atoms with E-state index in [-0.39, 0.29) is 5.91 Å². The lowest BCUT2D eigenvalue weighted by molar-refractivity contribution is -0.156. The van der Waals surface area contributed by atoms with Crippen LogP contribution in [0.4, 0.5) is 0 Å². The number of hydrogen-bond donors (Lipinski definition) is 2. The predicted octanol–water partition coefficient (Wildman–Crippen LogP) is 2.10. The number of methoxy groups -OCH3 is 1. The Morgan fingerprint density at radius 3 is 2.24 bits per heavy atom. The first-order chi connectivity index (χ1) is 13.9. The Kier molecular flexibility index (Phi) is 8.21. The molecule has 154 valence electrons. The topological polar surface area (TPSA) is 93.7 Å². The molecule has 0 radical (unpaired) electrons. The standard InChI is InChI=1S/C22H26N2O5/c1-15(24-21(26)18-7-5-4-6-8-18)22(27)29-16(2)20(25)23-14-13-17-9-11-19(28-3)12-10-17/h4-12,15-16H,13-14H2,1-3H3,(H,23,25)(H,24,26)/t15-,16?/m0/s1. The normalized spacial score (nSPS) is 12.4. The van der Waals surface area contributed by atoms with Gasteiger partial charge in [-0.25, -0.2) is 4.79 Å². The molecule has 0 aliphatic rings. The second-order valence-electron chi connectivity index (χ2n) is 6.53. The minimum absolute atomic E-state index is 0.383. The summed E-state index contributed by atoms with van der Waals surface area (Å²) in [6.07, 6.45) is -0.325. The van der Waals surface area contributed by atoms with Gasteiger partial charge in [0.05, 0.1) is 7.11 Å². The first-order valence-electron chi connectivity index (χ1n) is 9.37. The molecule has 0 aliphatic carbocycles. The Morgan fingerprint density at radius 2 is 1.62 bits per heavy atom. The van der Waals surface area contributed by atoms with Gasteiger partial charge in [0.1, 0.15) is 11.8 Å². The molecule has 0 fully saturated rings. The SMILES string of the molecule is COc1ccc(CCNC(=O)C(C)OC(=O)[C@H](C)NC(=O)c2ccccc2)cc1. The molecule has 2 atom stereocenters. The van der Waals surface area contributed by atoms with Crippen molar-refractivity contribution in [3.8, 4) is 5.75 Å². The van der Waals surface area contributed by atoms with Crippen LogP contribution >= 0.6 is 0 Å². The third-order valence-corrected chi connectivity index (χ3v) is 4.27. The molecule has 1 unspecified atom stereocenters. The molecule has 2 aromatic rings. The van der Waals surface area contributed by atoms with Crippen LogP contribution in [-0.2, 0) is 20.7 Å². The third-order valence-electron chi connectivity index (χ3n) is 4.27. The van der Waals surface area contributed by atoms with E-state index in [0.717, 1.165) is 11.3 Å². The minimum Gasteiger partial charge on any atom is -0.497 e. The summed E-state index contributed by atoms with van der Waals surface area (Å²) in [7, 11) is 1.60. The molecule has 0 bridgehead atoms. The molecule has 29 heavy (non-hydrogen) atoms. The molecule has 7 heteroatoms. The van der Waals surface area contributed by atoms with E-state index in [1.54, 1.807) is 37.4 Å². The summed E-state index contributed by atoms with van der Waals surface area (Å²) >= 11 is 0. The summed E-state index contributed by atoms with van der Waals surface area (Å²) in [5, 5.41) is 5.29. The largest absolute Gasteiger partial charge is 0.497 e. The lowest BCUT2D eigenvalue weighted by atomic mass is 10.1. The number of benzene rings is 2. The highest BCUT2D eigenvalue weighted by Gasteiger charge is 2.23. The zero-order valence-corrected chi connectivity index (χ0v) is 16.8. The minimum atomic E-state index is -0.963. The van der Waals surface area contributed by atoms with Crippen LogP contribution in [0, 0.1) is 0 Å². The van der Waals surface area contributed by atoms with Crippen molar-refractivity contribution < 1.29 is 23.9 Å². The van der Waals surface area contributed by atoms with Gasteiger partial charge < -0.3 is 20.1 Å². The number of carbonyl (C=O) groups is 3. The summed E-state index contributed by atoms with van der Waals surface area (Å²) in [5.41, 5.74) is 1.49. The molecular formula is C22H26N2O5. The first kappa shape index (κ1) is 21.9. The van der Waals surface area contributed by atoms with Gasteiger partial charge in [0.15, 0.2) is 6.10 Å². The van der Waals surface area contributed by atoms with Crippen LogP contribution in [0.2, 0.25) is 0 Å². The van der Waals surface area contributed by atoms with Crippen molar-refractivity contribution in [2.45, 2.75) is 32.4 Å². The lowest BCUT2D eigenvalue weighted by Gasteiger charge is -2.17. The Labute approximate surface area is 170 Å². The maximum absolute atomic E-state index is 12.2. The van der Waals surface area contributed by atoms with Crippen molar-refractivity contribution in [1.29, 1.82) is 0 Å². The Morgan fingerprint density at radius 1 is 0.966 bits per heavy atom. The molecule has 0 saturated carbocycles. The molecule has 2 N–H and O–H groups in total. The van der Waals surface area contributed by atoms with Crippen molar-refractivity contribution in [1.82, 2.24) is 10.6 Å². The molecule has 2 amide bonds. The fraction of sp³-hybridized carbons (Fsp3) is 0.318. The molecule has 0 spiro atoms. The lowest BCUT2D eigenvalue weighted by Crippen LogP contribution is -2.43. The Bertz CT molecular complexity index is 821. The van der Waals surface area contributed by atoms with E-state index in [9.17, 15) is 14.4 Å². The molecule has 0 aliphatic heterocycles. The predicted molar refractivity (Wildman–Crippen MR) is 109 cm³/mol. The Balaban J connectivity index is 1.74. The third kappa shape index (κ3) is 6.95. The molecule has 2 aromatic carbocycles. The van der Waals surface area contributed by atoms with E-state index >= 15 is 0 Å².